The van der Waals surface area contributed by atoms with Crippen molar-refractivity contribution >= 4 is 17.7 Å². The molecule has 3 bridgehead atoms. The molecule has 6 rings (SSSR count). The zero-order chi connectivity index (χ0) is 17.7. The second-order valence-electron chi connectivity index (χ2n) is 9.28. The summed E-state index contributed by atoms with van der Waals surface area (Å²) in [5.74, 6) is 2.05. The van der Waals surface area contributed by atoms with E-state index < -0.39 is 0 Å². The van der Waals surface area contributed by atoms with Gasteiger partial charge in [-0.1, -0.05) is 37.3 Å². The number of thioether (sulfide) groups is 1. The molecule has 5 heteroatoms. The molecule has 0 aliphatic heterocycles. The highest BCUT2D eigenvalue weighted by Gasteiger charge is 2.59. The van der Waals surface area contributed by atoms with Gasteiger partial charge in [0, 0.05) is 11.3 Å². The van der Waals surface area contributed by atoms with Gasteiger partial charge in [-0.25, -0.2) is 0 Å². The molecule has 5 aliphatic carbocycles. The zero-order valence-electron chi connectivity index (χ0n) is 15.8. The van der Waals surface area contributed by atoms with Crippen molar-refractivity contribution < 1.29 is 9.32 Å². The van der Waals surface area contributed by atoms with Crippen molar-refractivity contribution in [2.75, 3.05) is 0 Å². The first-order chi connectivity index (χ1) is 12.6. The average molecular weight is 375 g/mol. The summed E-state index contributed by atoms with van der Waals surface area (Å²) in [4.78, 5) is 14.0. The van der Waals surface area contributed by atoms with Crippen LogP contribution in [0.5, 0.6) is 0 Å². The SMILES string of the molecule is Cc1noc(C(=O)NC2C3CC4CCCC2(C4)C3)c1SC1CCCCC1. The van der Waals surface area contributed by atoms with Gasteiger partial charge in [-0.05, 0) is 62.7 Å². The maximum atomic E-state index is 13.1. The van der Waals surface area contributed by atoms with Crippen LogP contribution in [0.3, 0.4) is 0 Å². The molecule has 5 aliphatic rings. The molecule has 4 nitrogen and oxygen atoms in total. The number of aromatic nitrogens is 1. The average Bonchev–Trinajstić information content (AvgIpc) is 3.01. The van der Waals surface area contributed by atoms with Gasteiger partial charge in [-0.3, -0.25) is 4.79 Å². The van der Waals surface area contributed by atoms with E-state index in [0.717, 1.165) is 16.5 Å². The first-order valence-electron chi connectivity index (χ1n) is 10.6. The van der Waals surface area contributed by atoms with Gasteiger partial charge in [-0.2, -0.15) is 0 Å². The quantitative estimate of drug-likeness (QED) is 0.796. The van der Waals surface area contributed by atoms with Crippen LogP contribution < -0.4 is 5.32 Å². The van der Waals surface area contributed by atoms with Crippen LogP contribution in [0.15, 0.2) is 9.42 Å². The minimum atomic E-state index is -0.0259. The predicted molar refractivity (Wildman–Crippen MR) is 102 cm³/mol. The number of carbonyl (C=O) groups is 1. The number of nitrogens with one attached hydrogen (secondary N) is 1. The van der Waals surface area contributed by atoms with Crippen LogP contribution in [-0.2, 0) is 0 Å². The van der Waals surface area contributed by atoms with Crippen molar-refractivity contribution in [2.45, 2.75) is 93.7 Å². The lowest BCUT2D eigenvalue weighted by molar-refractivity contribution is -0.108. The van der Waals surface area contributed by atoms with Crippen LogP contribution in [-0.4, -0.2) is 22.4 Å². The molecule has 1 heterocycles. The standard InChI is InChI=1S/C21H30N2O2S/c1-13-18(26-16-7-3-2-4-8-16)17(25-23-13)20(24)22-19-15-10-14-6-5-9-21(19,11-14)12-15/h14-16,19H,2-12H2,1H3,(H,22,24). The van der Waals surface area contributed by atoms with E-state index >= 15 is 0 Å². The largest absolute Gasteiger partial charge is 0.350 e. The van der Waals surface area contributed by atoms with E-state index in [1.807, 2.05) is 18.7 Å². The van der Waals surface area contributed by atoms with Crippen molar-refractivity contribution in [3.8, 4) is 0 Å². The Bertz CT molecular complexity index is 690. The van der Waals surface area contributed by atoms with E-state index in [4.69, 9.17) is 4.52 Å². The highest BCUT2D eigenvalue weighted by molar-refractivity contribution is 8.00. The molecule has 1 spiro atoms. The zero-order valence-corrected chi connectivity index (χ0v) is 16.6. The van der Waals surface area contributed by atoms with Crippen LogP contribution >= 0.6 is 11.8 Å². The second kappa shape index (κ2) is 6.57. The number of hydrogen-bond acceptors (Lipinski definition) is 4. The van der Waals surface area contributed by atoms with Crippen molar-refractivity contribution in [3.05, 3.63) is 11.5 Å². The van der Waals surface area contributed by atoms with Gasteiger partial charge in [0.1, 0.15) is 0 Å². The van der Waals surface area contributed by atoms with E-state index in [1.54, 1.807) is 0 Å². The molecule has 1 aromatic heterocycles. The second-order valence-corrected chi connectivity index (χ2v) is 10.6. The molecule has 0 saturated heterocycles. The summed E-state index contributed by atoms with van der Waals surface area (Å²) in [5.41, 5.74) is 1.27. The van der Waals surface area contributed by atoms with Gasteiger partial charge in [-0.15, -0.1) is 11.8 Å². The molecule has 0 radical (unpaired) electrons. The summed E-state index contributed by atoms with van der Waals surface area (Å²) in [7, 11) is 0. The minimum Gasteiger partial charge on any atom is -0.350 e. The number of rotatable bonds is 4. The van der Waals surface area contributed by atoms with Crippen molar-refractivity contribution in [1.29, 1.82) is 0 Å². The van der Waals surface area contributed by atoms with Crippen molar-refractivity contribution in [1.82, 2.24) is 10.5 Å². The summed E-state index contributed by atoms with van der Waals surface area (Å²) >= 11 is 1.83. The highest BCUT2D eigenvalue weighted by atomic mass is 32.2. The monoisotopic (exact) mass is 374 g/mol. The molecule has 1 amide bonds. The van der Waals surface area contributed by atoms with E-state index in [1.165, 1.54) is 70.6 Å². The first kappa shape index (κ1) is 17.2. The van der Waals surface area contributed by atoms with E-state index in [-0.39, 0.29) is 5.91 Å². The lowest BCUT2D eigenvalue weighted by Gasteiger charge is -2.64. The molecular formula is C21H30N2O2S. The molecule has 4 atom stereocenters. The number of hydrogen-bond donors (Lipinski definition) is 1. The molecule has 142 valence electrons. The van der Waals surface area contributed by atoms with Crippen molar-refractivity contribution in [2.24, 2.45) is 17.3 Å². The van der Waals surface area contributed by atoms with Gasteiger partial charge in [0.2, 0.25) is 5.76 Å². The minimum absolute atomic E-state index is 0.0259. The highest BCUT2D eigenvalue weighted by Crippen LogP contribution is 2.63. The Hall–Kier alpha value is -0.970. The summed E-state index contributed by atoms with van der Waals surface area (Å²) in [6, 6.07) is 0.365. The lowest BCUT2D eigenvalue weighted by Crippen LogP contribution is -2.66. The Morgan fingerprint density at radius 3 is 2.88 bits per heavy atom. The lowest BCUT2D eigenvalue weighted by atomic mass is 9.44. The van der Waals surface area contributed by atoms with Gasteiger partial charge in [0.25, 0.3) is 5.91 Å². The Kier molecular flexibility index (Phi) is 4.34. The number of carbonyl (C=O) groups excluding carboxylic acids is 1. The van der Waals surface area contributed by atoms with Crippen molar-refractivity contribution in [3.63, 3.8) is 0 Å². The van der Waals surface area contributed by atoms with Crippen LogP contribution in [0.4, 0.5) is 0 Å². The Morgan fingerprint density at radius 2 is 2.04 bits per heavy atom. The first-order valence-corrected chi connectivity index (χ1v) is 11.5. The van der Waals surface area contributed by atoms with Gasteiger partial charge < -0.3 is 9.84 Å². The molecule has 4 unspecified atom stereocenters. The molecule has 1 aromatic rings. The maximum absolute atomic E-state index is 13.1. The topological polar surface area (TPSA) is 55.1 Å². The molecule has 26 heavy (non-hydrogen) atoms. The fraction of sp³-hybridized carbons (Fsp3) is 0.810. The smallest absolute Gasteiger partial charge is 0.291 e. The fourth-order valence-electron chi connectivity index (χ4n) is 6.42. The summed E-state index contributed by atoms with van der Waals surface area (Å²) in [6.07, 6.45) is 14.4. The molecule has 0 aromatic carbocycles. The summed E-state index contributed by atoms with van der Waals surface area (Å²) in [6.45, 7) is 1.97. The van der Waals surface area contributed by atoms with E-state index in [9.17, 15) is 4.79 Å². The third kappa shape index (κ3) is 2.81. The Balaban J connectivity index is 1.30. The number of nitrogens with zero attached hydrogens (tertiary/aromatic N) is 1. The third-order valence-electron chi connectivity index (χ3n) is 7.56. The van der Waals surface area contributed by atoms with Crippen LogP contribution in [0.25, 0.3) is 0 Å². The third-order valence-corrected chi connectivity index (χ3v) is 9.08. The number of amides is 1. The summed E-state index contributed by atoms with van der Waals surface area (Å²) < 4.78 is 5.51. The summed E-state index contributed by atoms with van der Waals surface area (Å²) in [5, 5.41) is 8.12. The molecule has 1 N–H and O–H groups in total. The molecular weight excluding hydrogens is 344 g/mol. The van der Waals surface area contributed by atoms with Crippen LogP contribution in [0, 0.1) is 24.2 Å². The Labute approximate surface area is 160 Å². The molecule has 5 saturated carbocycles. The van der Waals surface area contributed by atoms with Gasteiger partial charge >= 0.3 is 0 Å². The maximum Gasteiger partial charge on any atom is 0.291 e. The van der Waals surface area contributed by atoms with E-state index in [0.29, 0.717) is 28.4 Å². The van der Waals surface area contributed by atoms with Crippen LogP contribution in [0.2, 0.25) is 0 Å². The Morgan fingerprint density at radius 1 is 1.19 bits per heavy atom. The normalized spacial score (nSPS) is 36.4. The fourth-order valence-corrected chi connectivity index (χ4v) is 7.76. The predicted octanol–water partition coefficient (Wildman–Crippen LogP) is 5.11. The van der Waals surface area contributed by atoms with E-state index in [2.05, 4.69) is 10.5 Å². The number of aryl methyl sites for hydroxylation is 1. The van der Waals surface area contributed by atoms with Gasteiger partial charge in [0.05, 0.1) is 10.6 Å². The molecule has 5 fully saturated rings. The van der Waals surface area contributed by atoms with Gasteiger partial charge in [0.15, 0.2) is 0 Å². The van der Waals surface area contributed by atoms with Crippen LogP contribution in [0.1, 0.15) is 86.9 Å².